The monoisotopic (exact) mass is 405 g/mol. The van der Waals surface area contributed by atoms with E-state index in [4.69, 9.17) is 9.47 Å². The second-order valence-electron chi connectivity index (χ2n) is 8.60. The van der Waals surface area contributed by atoms with Gasteiger partial charge in [0.05, 0.1) is 12.3 Å². The highest BCUT2D eigenvalue weighted by atomic mass is 16.6. The van der Waals surface area contributed by atoms with E-state index >= 15 is 0 Å². The number of anilines is 1. The molecule has 1 atom stereocenters. The van der Waals surface area contributed by atoms with Crippen LogP contribution in [0.25, 0.3) is 10.8 Å². The number of aliphatic hydroxyl groups is 1. The van der Waals surface area contributed by atoms with E-state index in [-0.39, 0.29) is 12.5 Å². The van der Waals surface area contributed by atoms with E-state index in [9.17, 15) is 9.90 Å². The standard InChI is InChI=1S/C25H27NO4/c1-25(2,3)30-24(28)26-14-18(15-27)23-20-12-8-7-11-19(20)22(13-21(23)26)29-16-17-9-5-4-6-10-17/h4-13,18,27H,14-16H2,1-3H3. The van der Waals surface area contributed by atoms with E-state index in [0.29, 0.717) is 18.9 Å². The van der Waals surface area contributed by atoms with Gasteiger partial charge in [0.2, 0.25) is 0 Å². The van der Waals surface area contributed by atoms with Crippen molar-refractivity contribution in [1.29, 1.82) is 0 Å². The van der Waals surface area contributed by atoms with E-state index in [1.807, 2.05) is 81.4 Å². The average molecular weight is 405 g/mol. The van der Waals surface area contributed by atoms with E-state index in [0.717, 1.165) is 27.6 Å². The number of carbonyl (C=O) groups is 1. The van der Waals surface area contributed by atoms with Crippen molar-refractivity contribution in [3.63, 3.8) is 0 Å². The Morgan fingerprint density at radius 2 is 1.73 bits per heavy atom. The minimum Gasteiger partial charge on any atom is -0.488 e. The van der Waals surface area contributed by atoms with Crippen molar-refractivity contribution in [2.24, 2.45) is 0 Å². The van der Waals surface area contributed by atoms with Gasteiger partial charge < -0.3 is 14.6 Å². The first-order chi connectivity index (χ1) is 14.4. The molecule has 5 heteroatoms. The molecule has 0 aliphatic carbocycles. The molecule has 0 saturated carbocycles. The number of amides is 1. The van der Waals surface area contributed by atoms with Gasteiger partial charge in [-0.1, -0.05) is 54.6 Å². The number of fused-ring (bicyclic) bond motifs is 3. The highest BCUT2D eigenvalue weighted by Gasteiger charge is 2.36. The molecule has 3 aromatic carbocycles. The Morgan fingerprint density at radius 1 is 1.07 bits per heavy atom. The van der Waals surface area contributed by atoms with Gasteiger partial charge in [-0.3, -0.25) is 4.90 Å². The molecule has 1 N–H and O–H groups in total. The van der Waals surface area contributed by atoms with E-state index < -0.39 is 11.7 Å². The van der Waals surface area contributed by atoms with Crippen molar-refractivity contribution in [1.82, 2.24) is 0 Å². The van der Waals surface area contributed by atoms with Crippen LogP contribution >= 0.6 is 0 Å². The number of hydrogen-bond donors (Lipinski definition) is 1. The van der Waals surface area contributed by atoms with Crippen LogP contribution in [0, 0.1) is 0 Å². The van der Waals surface area contributed by atoms with E-state index in [1.54, 1.807) is 4.90 Å². The Kier molecular flexibility index (Phi) is 5.39. The number of benzene rings is 3. The summed E-state index contributed by atoms with van der Waals surface area (Å²) in [5, 5.41) is 12.0. The Bertz CT molecular complexity index is 1060. The van der Waals surface area contributed by atoms with Crippen LogP contribution in [0.15, 0.2) is 60.7 Å². The minimum absolute atomic E-state index is 0.0412. The number of hydrogen-bond acceptors (Lipinski definition) is 4. The zero-order chi connectivity index (χ0) is 21.3. The van der Waals surface area contributed by atoms with Crippen LogP contribution in [-0.2, 0) is 11.3 Å². The second-order valence-corrected chi connectivity index (χ2v) is 8.60. The highest BCUT2D eigenvalue weighted by molar-refractivity contribution is 6.02. The van der Waals surface area contributed by atoms with Crippen molar-refractivity contribution in [3.8, 4) is 5.75 Å². The molecular formula is C25H27NO4. The summed E-state index contributed by atoms with van der Waals surface area (Å²) >= 11 is 0. The van der Waals surface area contributed by atoms with Crippen molar-refractivity contribution < 1.29 is 19.4 Å². The fourth-order valence-corrected chi connectivity index (χ4v) is 3.91. The first-order valence-corrected chi connectivity index (χ1v) is 10.2. The molecule has 1 aliphatic rings. The maximum absolute atomic E-state index is 12.9. The predicted molar refractivity (Wildman–Crippen MR) is 118 cm³/mol. The van der Waals surface area contributed by atoms with Crippen LogP contribution in [0.5, 0.6) is 5.75 Å². The summed E-state index contributed by atoms with van der Waals surface area (Å²) in [5.74, 6) is 0.543. The molecule has 3 aromatic rings. The van der Waals surface area contributed by atoms with Gasteiger partial charge in [-0.25, -0.2) is 4.79 Å². The maximum atomic E-state index is 12.9. The predicted octanol–water partition coefficient (Wildman–Crippen LogP) is 5.25. The van der Waals surface area contributed by atoms with Gasteiger partial charge in [0.15, 0.2) is 0 Å². The number of carbonyl (C=O) groups excluding carboxylic acids is 1. The molecule has 4 rings (SSSR count). The van der Waals surface area contributed by atoms with Crippen LogP contribution < -0.4 is 9.64 Å². The van der Waals surface area contributed by atoms with Crippen molar-refractivity contribution in [2.75, 3.05) is 18.1 Å². The lowest BCUT2D eigenvalue weighted by Gasteiger charge is -2.25. The first-order valence-electron chi connectivity index (χ1n) is 10.2. The second kappa shape index (κ2) is 8.00. The Morgan fingerprint density at radius 3 is 2.40 bits per heavy atom. The molecule has 0 saturated heterocycles. The largest absolute Gasteiger partial charge is 0.488 e. The lowest BCUT2D eigenvalue weighted by atomic mass is 9.95. The molecule has 1 unspecified atom stereocenters. The fraction of sp³-hybridized carbons (Fsp3) is 0.320. The van der Waals surface area contributed by atoms with Gasteiger partial charge in [-0.05, 0) is 37.3 Å². The van der Waals surface area contributed by atoms with Crippen LogP contribution in [0.1, 0.15) is 37.8 Å². The number of aliphatic hydroxyl groups excluding tert-OH is 1. The molecule has 0 fully saturated rings. The van der Waals surface area contributed by atoms with Gasteiger partial charge in [0.1, 0.15) is 18.0 Å². The lowest BCUT2D eigenvalue weighted by molar-refractivity contribution is 0.0581. The fourth-order valence-electron chi connectivity index (χ4n) is 3.91. The van der Waals surface area contributed by atoms with Gasteiger partial charge in [0.25, 0.3) is 0 Å². The van der Waals surface area contributed by atoms with Gasteiger partial charge in [0, 0.05) is 23.9 Å². The third-order valence-corrected chi connectivity index (χ3v) is 5.20. The van der Waals surface area contributed by atoms with Crippen LogP contribution in [-0.4, -0.2) is 30.0 Å². The third kappa shape index (κ3) is 3.98. The number of ether oxygens (including phenoxy) is 2. The Hall–Kier alpha value is -3.05. The minimum atomic E-state index is -0.599. The normalized spacial score (nSPS) is 15.9. The summed E-state index contributed by atoms with van der Waals surface area (Å²) in [6.07, 6.45) is -0.413. The zero-order valence-corrected chi connectivity index (χ0v) is 17.6. The Balaban J connectivity index is 1.77. The number of rotatable bonds is 4. The molecule has 156 valence electrons. The summed E-state index contributed by atoms with van der Waals surface area (Å²) in [4.78, 5) is 14.5. The summed E-state index contributed by atoms with van der Waals surface area (Å²) in [5.41, 5.74) is 2.17. The zero-order valence-electron chi connectivity index (χ0n) is 17.6. The number of nitrogens with zero attached hydrogens (tertiary/aromatic N) is 1. The average Bonchev–Trinajstić information content (AvgIpc) is 3.10. The van der Waals surface area contributed by atoms with Crippen molar-refractivity contribution in [2.45, 2.75) is 38.9 Å². The maximum Gasteiger partial charge on any atom is 0.414 e. The third-order valence-electron chi connectivity index (χ3n) is 5.20. The van der Waals surface area contributed by atoms with Crippen LogP contribution in [0.2, 0.25) is 0 Å². The molecule has 1 heterocycles. The SMILES string of the molecule is CC(C)(C)OC(=O)N1CC(CO)c2c1cc(OCc1ccccc1)c1ccccc21. The quantitative estimate of drug-likeness (QED) is 0.644. The summed E-state index contributed by atoms with van der Waals surface area (Å²) in [6, 6.07) is 19.8. The lowest BCUT2D eigenvalue weighted by Crippen LogP contribution is -2.36. The molecule has 30 heavy (non-hydrogen) atoms. The molecule has 0 bridgehead atoms. The molecule has 0 spiro atoms. The van der Waals surface area contributed by atoms with Crippen molar-refractivity contribution >= 4 is 22.6 Å². The molecule has 0 radical (unpaired) electrons. The molecule has 1 aliphatic heterocycles. The molecular weight excluding hydrogens is 378 g/mol. The van der Waals surface area contributed by atoms with Gasteiger partial charge >= 0.3 is 6.09 Å². The summed E-state index contributed by atoms with van der Waals surface area (Å²) in [7, 11) is 0. The van der Waals surface area contributed by atoms with Crippen LogP contribution in [0.3, 0.4) is 0 Å². The summed E-state index contributed by atoms with van der Waals surface area (Å²) in [6.45, 7) is 6.31. The molecule has 1 amide bonds. The van der Waals surface area contributed by atoms with Crippen LogP contribution in [0.4, 0.5) is 10.5 Å². The van der Waals surface area contributed by atoms with Crippen molar-refractivity contribution in [3.05, 3.63) is 71.8 Å². The molecule has 0 aromatic heterocycles. The first kappa shape index (κ1) is 20.2. The summed E-state index contributed by atoms with van der Waals surface area (Å²) < 4.78 is 11.8. The Labute approximate surface area is 176 Å². The molecule has 5 nitrogen and oxygen atoms in total. The highest BCUT2D eigenvalue weighted by Crippen LogP contribution is 2.45. The van der Waals surface area contributed by atoms with Gasteiger partial charge in [-0.15, -0.1) is 0 Å². The smallest absolute Gasteiger partial charge is 0.414 e. The topological polar surface area (TPSA) is 59.0 Å². The van der Waals surface area contributed by atoms with Gasteiger partial charge in [-0.2, -0.15) is 0 Å². The van der Waals surface area contributed by atoms with E-state index in [2.05, 4.69) is 0 Å². The van der Waals surface area contributed by atoms with E-state index in [1.165, 1.54) is 0 Å².